The molecule has 220 valence electrons. The lowest BCUT2D eigenvalue weighted by atomic mass is 9.99. The van der Waals surface area contributed by atoms with Gasteiger partial charge >= 0.3 is 12.2 Å². The van der Waals surface area contributed by atoms with E-state index in [1.807, 2.05) is 41.9 Å². The Balaban J connectivity index is 1.63. The second-order valence-corrected chi connectivity index (χ2v) is 10.7. The van der Waals surface area contributed by atoms with E-state index in [0.29, 0.717) is 43.0 Å². The number of para-hydroxylation sites is 1. The number of ether oxygens (including phenoxy) is 1. The molecule has 4 aromatic rings. The topological polar surface area (TPSA) is 85.4 Å². The Bertz CT molecular complexity index is 1610. The van der Waals surface area contributed by atoms with Gasteiger partial charge < -0.3 is 20.7 Å². The van der Waals surface area contributed by atoms with Gasteiger partial charge in [-0.05, 0) is 54.8 Å². The number of nitrogens with zero attached hydrogens (tertiary/aromatic N) is 3. The molecule has 3 aromatic carbocycles. The van der Waals surface area contributed by atoms with Crippen LogP contribution < -0.4 is 20.7 Å². The summed E-state index contributed by atoms with van der Waals surface area (Å²) in [5.74, 6) is 0.0102. The van der Waals surface area contributed by atoms with Crippen LogP contribution in [0.1, 0.15) is 36.2 Å². The van der Waals surface area contributed by atoms with Gasteiger partial charge in [-0.15, -0.1) is 0 Å². The van der Waals surface area contributed by atoms with Gasteiger partial charge in [0.2, 0.25) is 0 Å². The number of anilines is 2. The first-order valence-electron chi connectivity index (χ1n) is 13.5. The van der Waals surface area contributed by atoms with E-state index in [1.54, 1.807) is 17.0 Å². The number of halogens is 4. The van der Waals surface area contributed by atoms with E-state index in [4.69, 9.17) is 15.6 Å². The highest BCUT2D eigenvalue weighted by Gasteiger charge is 2.33. The maximum Gasteiger partial charge on any atom is 0.416 e. The second kappa shape index (κ2) is 11.4. The fourth-order valence-corrected chi connectivity index (χ4v) is 5.11. The van der Waals surface area contributed by atoms with Crippen LogP contribution in [0, 0.1) is 18.7 Å². The molecule has 0 radical (unpaired) electrons. The van der Waals surface area contributed by atoms with Gasteiger partial charge in [-0.2, -0.15) is 18.3 Å². The number of nitrogens with two attached hydrogens (primary N) is 1. The zero-order valence-electron chi connectivity index (χ0n) is 23.4. The van der Waals surface area contributed by atoms with Crippen molar-refractivity contribution in [3.8, 4) is 22.7 Å². The van der Waals surface area contributed by atoms with E-state index in [-0.39, 0.29) is 12.2 Å². The lowest BCUT2D eigenvalue weighted by molar-refractivity contribution is -0.137. The van der Waals surface area contributed by atoms with Crippen LogP contribution >= 0.6 is 0 Å². The van der Waals surface area contributed by atoms with Crippen molar-refractivity contribution in [1.29, 1.82) is 0 Å². The Hall–Kier alpha value is -4.54. The van der Waals surface area contributed by atoms with Crippen molar-refractivity contribution in [3.63, 3.8) is 0 Å². The number of hydrogen-bond acceptors (Lipinski definition) is 4. The smallest absolute Gasteiger partial charge is 0.416 e. The number of carbonyl (C=O) groups is 1. The number of primary amides is 1. The van der Waals surface area contributed by atoms with E-state index in [1.165, 1.54) is 6.07 Å². The zero-order chi connectivity index (χ0) is 30.2. The molecule has 0 fully saturated rings. The van der Waals surface area contributed by atoms with Crippen LogP contribution in [-0.2, 0) is 19.1 Å². The zero-order valence-corrected chi connectivity index (χ0v) is 23.4. The molecule has 1 aliphatic rings. The molecule has 0 aliphatic carbocycles. The van der Waals surface area contributed by atoms with Crippen LogP contribution in [-0.4, -0.2) is 29.0 Å². The molecular weight excluding hydrogens is 550 g/mol. The Labute approximate surface area is 240 Å². The van der Waals surface area contributed by atoms with Crippen LogP contribution in [0.15, 0.2) is 60.7 Å². The van der Waals surface area contributed by atoms with Gasteiger partial charge in [-0.1, -0.05) is 38.1 Å². The van der Waals surface area contributed by atoms with Crippen molar-refractivity contribution in [2.24, 2.45) is 11.7 Å². The first-order valence-corrected chi connectivity index (χ1v) is 13.5. The average molecular weight is 582 g/mol. The van der Waals surface area contributed by atoms with E-state index in [2.05, 4.69) is 19.2 Å². The molecule has 2 heterocycles. The summed E-state index contributed by atoms with van der Waals surface area (Å²) in [4.78, 5) is 13.1. The number of benzene rings is 3. The molecule has 0 saturated heterocycles. The van der Waals surface area contributed by atoms with Gasteiger partial charge in [0.15, 0.2) is 0 Å². The first kappa shape index (κ1) is 29.0. The Morgan fingerprint density at radius 3 is 2.50 bits per heavy atom. The molecule has 11 heteroatoms. The molecule has 3 N–H and O–H groups in total. The van der Waals surface area contributed by atoms with Gasteiger partial charge in [0.05, 0.1) is 29.2 Å². The minimum Gasteiger partial charge on any atom is -0.491 e. The fourth-order valence-electron chi connectivity index (χ4n) is 5.11. The molecule has 7 nitrogen and oxygen atoms in total. The van der Waals surface area contributed by atoms with E-state index in [9.17, 15) is 18.0 Å². The quantitative estimate of drug-likeness (QED) is 0.228. The van der Waals surface area contributed by atoms with Gasteiger partial charge in [0, 0.05) is 36.3 Å². The van der Waals surface area contributed by atoms with Crippen LogP contribution in [0.4, 0.5) is 33.7 Å². The number of alkyl halides is 3. The van der Waals surface area contributed by atoms with Crippen molar-refractivity contribution < 1.29 is 27.1 Å². The highest BCUT2D eigenvalue weighted by Crippen LogP contribution is 2.39. The molecule has 0 saturated carbocycles. The minimum atomic E-state index is -4.64. The molecule has 0 unspecified atom stereocenters. The van der Waals surface area contributed by atoms with Gasteiger partial charge in [0.1, 0.15) is 17.3 Å². The van der Waals surface area contributed by atoms with Crippen LogP contribution in [0.25, 0.3) is 16.9 Å². The number of aryl methyl sites for hydroxylation is 1. The third-order valence-corrected chi connectivity index (χ3v) is 7.06. The largest absolute Gasteiger partial charge is 0.491 e. The first-order chi connectivity index (χ1) is 19.9. The molecule has 1 aromatic heterocycles. The summed E-state index contributed by atoms with van der Waals surface area (Å²) in [6.45, 7) is 7.18. The molecule has 42 heavy (non-hydrogen) atoms. The lowest BCUT2D eigenvalue weighted by Gasteiger charge is -2.29. The predicted molar refractivity (Wildman–Crippen MR) is 153 cm³/mol. The fraction of sp³-hybridized carbons (Fsp3) is 0.290. The predicted octanol–water partition coefficient (Wildman–Crippen LogP) is 7.09. The third kappa shape index (κ3) is 5.90. The van der Waals surface area contributed by atoms with Crippen molar-refractivity contribution in [1.82, 2.24) is 9.78 Å². The van der Waals surface area contributed by atoms with Crippen LogP contribution in [0.5, 0.6) is 5.75 Å². The Morgan fingerprint density at radius 1 is 1.12 bits per heavy atom. The molecule has 1 aliphatic heterocycles. The summed E-state index contributed by atoms with van der Waals surface area (Å²) in [5.41, 5.74) is 9.63. The van der Waals surface area contributed by atoms with Gasteiger partial charge in [0.25, 0.3) is 0 Å². The van der Waals surface area contributed by atoms with E-state index >= 15 is 4.39 Å². The molecule has 5 rings (SSSR count). The van der Waals surface area contributed by atoms with Crippen LogP contribution in [0.3, 0.4) is 0 Å². The van der Waals surface area contributed by atoms with E-state index in [0.717, 1.165) is 39.8 Å². The summed E-state index contributed by atoms with van der Waals surface area (Å²) in [6.07, 6.45) is -4.19. The maximum atomic E-state index is 15.0. The average Bonchev–Trinajstić information content (AvgIpc) is 3.29. The normalized spacial score (nSPS) is 13.3. The number of rotatable bonds is 7. The summed E-state index contributed by atoms with van der Waals surface area (Å²) in [7, 11) is 0. The lowest BCUT2D eigenvalue weighted by Crippen LogP contribution is -2.31. The Morgan fingerprint density at radius 2 is 1.86 bits per heavy atom. The van der Waals surface area contributed by atoms with Gasteiger partial charge in [-0.3, -0.25) is 0 Å². The standard InChI is InChI=1S/C31H31F4N5O2/c1-18(2)17-42-27-6-4-5-19(3)28(27)40-29(20-7-10-22(11-8-20)37-30(36)41)23-16-39(14-13-25(23)38-40)26-12-9-21(15-24(26)32)31(33,34)35/h4-12,15,18H,13-14,16-17H2,1-3H3,(H3,36,37,41). The summed E-state index contributed by atoms with van der Waals surface area (Å²) in [5, 5.41) is 7.54. The molecule has 0 atom stereocenters. The number of aromatic nitrogens is 2. The second-order valence-electron chi connectivity index (χ2n) is 10.7. The minimum absolute atomic E-state index is 0.0882. The van der Waals surface area contributed by atoms with Crippen molar-refractivity contribution in [2.45, 2.75) is 39.9 Å². The summed E-state index contributed by atoms with van der Waals surface area (Å²) >= 11 is 0. The van der Waals surface area contributed by atoms with Crippen molar-refractivity contribution >= 4 is 17.4 Å². The number of amides is 2. The van der Waals surface area contributed by atoms with Gasteiger partial charge in [-0.25, -0.2) is 13.9 Å². The monoisotopic (exact) mass is 581 g/mol. The third-order valence-electron chi connectivity index (χ3n) is 7.06. The molecule has 0 bridgehead atoms. The maximum absolute atomic E-state index is 15.0. The number of fused-ring (bicyclic) bond motifs is 1. The number of nitrogens with one attached hydrogen (secondary N) is 1. The van der Waals surface area contributed by atoms with Crippen molar-refractivity contribution in [2.75, 3.05) is 23.4 Å². The molecular formula is C31H31F4N5O2. The number of carbonyl (C=O) groups excluding carboxylic acids is 1. The van der Waals surface area contributed by atoms with Crippen molar-refractivity contribution in [3.05, 3.63) is 88.9 Å². The van der Waals surface area contributed by atoms with Crippen LogP contribution in [0.2, 0.25) is 0 Å². The number of urea groups is 1. The molecule has 0 spiro atoms. The molecule has 2 amide bonds. The SMILES string of the molecule is Cc1cccc(OCC(C)C)c1-n1nc2c(c1-c1ccc(NC(N)=O)cc1)CN(c1ccc(C(F)(F)F)cc1F)CC2. The summed E-state index contributed by atoms with van der Waals surface area (Å²) in [6, 6.07) is 14.8. The highest BCUT2D eigenvalue weighted by molar-refractivity contribution is 5.88. The Kier molecular flexibility index (Phi) is 7.85. The van der Waals surface area contributed by atoms with E-state index < -0.39 is 23.6 Å². The number of hydrogen-bond donors (Lipinski definition) is 2. The summed E-state index contributed by atoms with van der Waals surface area (Å²) < 4.78 is 62.6. The highest BCUT2D eigenvalue weighted by atomic mass is 19.4.